The Bertz CT molecular complexity index is 1120. The lowest BCUT2D eigenvalue weighted by molar-refractivity contribution is 0.254. The molecule has 3 aromatic rings. The molecule has 1 aromatic carbocycles. The SMILES string of the molecule is CC[C@@H]1CSC2=N[C@@H](c3ccccn3)[C@H](c3cc(C)n(-c4cccc(OC)c4)c3C)N21. The number of aryl methyl sites for hydroxylation is 1. The van der Waals surface area contributed by atoms with Crippen LogP contribution in [0.5, 0.6) is 5.75 Å². The zero-order valence-corrected chi connectivity index (χ0v) is 19.3. The maximum absolute atomic E-state index is 5.47. The number of aromatic nitrogens is 2. The van der Waals surface area contributed by atoms with Crippen LogP contribution in [0.4, 0.5) is 0 Å². The molecule has 5 nitrogen and oxygen atoms in total. The van der Waals surface area contributed by atoms with E-state index in [9.17, 15) is 0 Å². The molecule has 0 aliphatic carbocycles. The van der Waals surface area contributed by atoms with Crippen molar-refractivity contribution in [2.45, 2.75) is 45.3 Å². The molecule has 2 aliphatic rings. The third-order valence-electron chi connectivity index (χ3n) is 6.43. The number of thioether (sulfide) groups is 1. The van der Waals surface area contributed by atoms with Crippen LogP contribution in [0.2, 0.25) is 0 Å². The number of hydrogen-bond acceptors (Lipinski definition) is 5. The van der Waals surface area contributed by atoms with Crippen LogP contribution in [0, 0.1) is 13.8 Å². The van der Waals surface area contributed by atoms with E-state index in [-0.39, 0.29) is 12.1 Å². The van der Waals surface area contributed by atoms with E-state index in [1.807, 2.05) is 36.2 Å². The van der Waals surface area contributed by atoms with Crippen molar-refractivity contribution in [1.29, 1.82) is 0 Å². The van der Waals surface area contributed by atoms with Crippen LogP contribution in [-0.2, 0) is 0 Å². The standard InChI is InChI=1S/C25H28N4OS/c1-5-18-15-31-25-27-23(22-11-6-7-12-26-22)24(29(18)25)21-13-16(2)28(17(21)3)19-9-8-10-20(14-19)30-4/h6-14,18,23-24H,5,15H2,1-4H3/t18-,23+,24+/m1/s1. The zero-order valence-electron chi connectivity index (χ0n) is 18.4. The fourth-order valence-electron chi connectivity index (χ4n) is 4.92. The third kappa shape index (κ3) is 3.33. The number of benzene rings is 1. The van der Waals surface area contributed by atoms with Gasteiger partial charge in [0, 0.05) is 41.1 Å². The summed E-state index contributed by atoms with van der Waals surface area (Å²) in [4.78, 5) is 12.4. The van der Waals surface area contributed by atoms with Crippen LogP contribution >= 0.6 is 11.8 Å². The summed E-state index contributed by atoms with van der Waals surface area (Å²) in [5.41, 5.74) is 5.96. The Balaban J connectivity index is 1.63. The van der Waals surface area contributed by atoms with Crippen LogP contribution in [0.1, 0.15) is 48.1 Å². The molecule has 0 amide bonds. The molecule has 31 heavy (non-hydrogen) atoms. The van der Waals surface area contributed by atoms with Gasteiger partial charge < -0.3 is 14.2 Å². The lowest BCUT2D eigenvalue weighted by atomic mass is 9.95. The van der Waals surface area contributed by atoms with Gasteiger partial charge in [0.1, 0.15) is 11.8 Å². The van der Waals surface area contributed by atoms with Crippen LogP contribution in [0.3, 0.4) is 0 Å². The molecule has 5 rings (SSSR count). The molecule has 1 fully saturated rings. The number of fused-ring (bicyclic) bond motifs is 1. The van der Waals surface area contributed by atoms with E-state index >= 15 is 0 Å². The minimum Gasteiger partial charge on any atom is -0.497 e. The van der Waals surface area contributed by atoms with Gasteiger partial charge >= 0.3 is 0 Å². The van der Waals surface area contributed by atoms with Gasteiger partial charge in [-0.05, 0) is 56.2 Å². The van der Waals surface area contributed by atoms with Gasteiger partial charge in [0.25, 0.3) is 0 Å². The lowest BCUT2D eigenvalue weighted by Crippen LogP contribution is -2.35. The smallest absolute Gasteiger partial charge is 0.160 e. The van der Waals surface area contributed by atoms with Crippen molar-refractivity contribution >= 4 is 16.9 Å². The Kier molecular flexibility index (Phi) is 5.26. The number of amidine groups is 1. The Morgan fingerprint density at radius 1 is 1.13 bits per heavy atom. The van der Waals surface area contributed by atoms with E-state index in [2.05, 4.69) is 65.6 Å². The summed E-state index contributed by atoms with van der Waals surface area (Å²) in [6.45, 7) is 6.68. The predicted octanol–water partition coefficient (Wildman–Crippen LogP) is 5.48. The Hall–Kier alpha value is -2.73. The normalized spacial score (nSPS) is 22.5. The average Bonchev–Trinajstić information content (AvgIpc) is 3.45. The molecule has 2 aliphatic heterocycles. The molecule has 0 radical (unpaired) electrons. The quantitative estimate of drug-likeness (QED) is 0.536. The molecule has 0 bridgehead atoms. The van der Waals surface area contributed by atoms with Crippen molar-refractivity contribution in [1.82, 2.24) is 14.5 Å². The monoisotopic (exact) mass is 432 g/mol. The molecule has 0 spiro atoms. The second-order valence-corrected chi connectivity index (χ2v) is 9.19. The first-order chi connectivity index (χ1) is 15.1. The number of pyridine rings is 1. The van der Waals surface area contributed by atoms with E-state index in [1.54, 1.807) is 7.11 Å². The average molecular weight is 433 g/mol. The van der Waals surface area contributed by atoms with Crippen molar-refractivity contribution in [2.75, 3.05) is 12.9 Å². The molecule has 0 unspecified atom stereocenters. The summed E-state index contributed by atoms with van der Waals surface area (Å²) in [6, 6.07) is 17.4. The zero-order chi connectivity index (χ0) is 21.5. The Morgan fingerprint density at radius 3 is 2.74 bits per heavy atom. The van der Waals surface area contributed by atoms with Gasteiger partial charge in [-0.1, -0.05) is 30.8 Å². The number of hydrogen-bond donors (Lipinski definition) is 0. The van der Waals surface area contributed by atoms with Crippen LogP contribution in [0.15, 0.2) is 59.7 Å². The first-order valence-electron chi connectivity index (χ1n) is 10.9. The molecule has 6 heteroatoms. The van der Waals surface area contributed by atoms with Crippen molar-refractivity contribution in [3.63, 3.8) is 0 Å². The molecule has 0 saturated carbocycles. The van der Waals surface area contributed by atoms with Crippen LogP contribution in [-0.4, -0.2) is 38.5 Å². The van der Waals surface area contributed by atoms with Crippen molar-refractivity contribution < 1.29 is 4.74 Å². The van der Waals surface area contributed by atoms with E-state index < -0.39 is 0 Å². The van der Waals surface area contributed by atoms with E-state index in [4.69, 9.17) is 9.73 Å². The van der Waals surface area contributed by atoms with Crippen LogP contribution < -0.4 is 4.74 Å². The molecule has 4 heterocycles. The molecule has 0 N–H and O–H groups in total. The topological polar surface area (TPSA) is 42.6 Å². The molecule has 160 valence electrons. The van der Waals surface area contributed by atoms with E-state index in [0.717, 1.165) is 29.3 Å². The first-order valence-corrected chi connectivity index (χ1v) is 11.8. The highest BCUT2D eigenvalue weighted by Gasteiger charge is 2.46. The summed E-state index contributed by atoms with van der Waals surface area (Å²) in [6.07, 6.45) is 2.99. The summed E-state index contributed by atoms with van der Waals surface area (Å²) in [5, 5.41) is 1.17. The number of aliphatic imine (C=N–C) groups is 1. The van der Waals surface area contributed by atoms with Gasteiger partial charge in [0.2, 0.25) is 0 Å². The van der Waals surface area contributed by atoms with Gasteiger partial charge in [0.15, 0.2) is 5.17 Å². The molecule has 2 aromatic heterocycles. The largest absolute Gasteiger partial charge is 0.497 e. The number of rotatable bonds is 5. The lowest BCUT2D eigenvalue weighted by Gasteiger charge is -2.32. The van der Waals surface area contributed by atoms with Gasteiger partial charge in [0.05, 0.1) is 18.8 Å². The number of ether oxygens (including phenoxy) is 1. The van der Waals surface area contributed by atoms with Crippen molar-refractivity contribution in [3.05, 3.63) is 77.4 Å². The maximum atomic E-state index is 5.47. The summed E-state index contributed by atoms with van der Waals surface area (Å²) in [5.74, 6) is 1.97. The summed E-state index contributed by atoms with van der Waals surface area (Å²) < 4.78 is 7.80. The highest BCUT2D eigenvalue weighted by atomic mass is 32.2. The summed E-state index contributed by atoms with van der Waals surface area (Å²) in [7, 11) is 1.71. The first kappa shape index (κ1) is 20.2. The van der Waals surface area contributed by atoms with Gasteiger partial charge in [-0.25, -0.2) is 0 Å². The number of nitrogens with zero attached hydrogens (tertiary/aromatic N) is 4. The van der Waals surface area contributed by atoms with E-state index in [1.165, 1.54) is 22.1 Å². The van der Waals surface area contributed by atoms with Gasteiger partial charge in [-0.15, -0.1) is 0 Å². The summed E-state index contributed by atoms with van der Waals surface area (Å²) >= 11 is 1.89. The van der Waals surface area contributed by atoms with Gasteiger partial charge in [-0.3, -0.25) is 9.98 Å². The third-order valence-corrected chi connectivity index (χ3v) is 7.56. The second kappa shape index (κ2) is 8.08. The minimum absolute atomic E-state index is 0.0114. The molecule has 1 saturated heterocycles. The van der Waals surface area contributed by atoms with Crippen molar-refractivity contribution in [3.8, 4) is 11.4 Å². The fourth-order valence-corrected chi connectivity index (χ4v) is 6.26. The molecule has 3 atom stereocenters. The number of methoxy groups -OCH3 is 1. The second-order valence-electron chi connectivity index (χ2n) is 8.20. The minimum atomic E-state index is 0.0114. The van der Waals surface area contributed by atoms with E-state index in [0.29, 0.717) is 6.04 Å². The highest BCUT2D eigenvalue weighted by molar-refractivity contribution is 8.14. The van der Waals surface area contributed by atoms with Crippen LogP contribution in [0.25, 0.3) is 5.69 Å². The predicted molar refractivity (Wildman–Crippen MR) is 127 cm³/mol. The highest BCUT2D eigenvalue weighted by Crippen LogP contribution is 2.49. The van der Waals surface area contributed by atoms with Crippen molar-refractivity contribution in [2.24, 2.45) is 4.99 Å². The Labute approximate surface area is 188 Å². The Morgan fingerprint density at radius 2 is 2.00 bits per heavy atom. The fraction of sp³-hybridized carbons (Fsp3) is 0.360. The maximum Gasteiger partial charge on any atom is 0.160 e. The van der Waals surface area contributed by atoms with Gasteiger partial charge in [-0.2, -0.15) is 0 Å². The molecular weight excluding hydrogens is 404 g/mol. The molecular formula is C25H28N4OS.